The highest BCUT2D eigenvalue weighted by atomic mass is 19.1. The number of hydrogen-bond donors (Lipinski definition) is 1. The van der Waals surface area contributed by atoms with E-state index in [2.05, 4.69) is 11.0 Å². The monoisotopic (exact) mass is 271 g/mol. The van der Waals surface area contributed by atoms with Crippen LogP contribution in [0.1, 0.15) is 22.8 Å². The number of nitrogens with zero attached hydrogens (tertiary/aromatic N) is 1. The van der Waals surface area contributed by atoms with Crippen molar-refractivity contribution in [2.75, 3.05) is 7.05 Å². The molecule has 2 unspecified atom stereocenters. The van der Waals surface area contributed by atoms with Gasteiger partial charge < -0.3 is 5.11 Å². The highest BCUT2D eigenvalue weighted by molar-refractivity contribution is 5.36. The summed E-state index contributed by atoms with van der Waals surface area (Å²) in [4.78, 5) is 2.14. The van der Waals surface area contributed by atoms with Crippen molar-refractivity contribution in [3.63, 3.8) is 0 Å². The molecule has 2 nitrogen and oxygen atoms in total. The Morgan fingerprint density at radius 2 is 1.85 bits per heavy atom. The van der Waals surface area contributed by atoms with Crippen LogP contribution in [-0.2, 0) is 13.0 Å². The molecule has 2 atom stereocenters. The molecule has 0 heterocycles. The average molecular weight is 271 g/mol. The number of aliphatic hydroxyl groups is 1. The van der Waals surface area contributed by atoms with Gasteiger partial charge in [-0.25, -0.2) is 4.39 Å². The van der Waals surface area contributed by atoms with E-state index in [-0.39, 0.29) is 11.9 Å². The standard InChI is InChI=1S/C17H18FNO/c1-19(11-12-6-8-14(18)9-7-12)16-10-13-4-2-3-5-15(13)17(16)20/h2-9,16-17,20H,10-11H2,1H3. The predicted octanol–water partition coefficient (Wildman–Crippen LogP) is 2.92. The molecule has 3 rings (SSSR count). The molecule has 2 aromatic rings. The lowest BCUT2D eigenvalue weighted by Gasteiger charge is -2.27. The molecule has 1 N–H and O–H groups in total. The summed E-state index contributed by atoms with van der Waals surface area (Å²) in [5.74, 6) is -0.218. The SMILES string of the molecule is CN(Cc1ccc(F)cc1)C1Cc2ccccc2C1O. The second kappa shape index (κ2) is 5.35. The van der Waals surface area contributed by atoms with Gasteiger partial charge >= 0.3 is 0 Å². The Hall–Kier alpha value is -1.71. The van der Waals surface area contributed by atoms with Crippen molar-refractivity contribution < 1.29 is 9.50 Å². The van der Waals surface area contributed by atoms with Gasteiger partial charge in [-0.3, -0.25) is 4.90 Å². The van der Waals surface area contributed by atoms with Gasteiger partial charge in [0.25, 0.3) is 0 Å². The third-order valence-corrected chi connectivity index (χ3v) is 4.08. The number of halogens is 1. The van der Waals surface area contributed by atoms with Gasteiger partial charge in [-0.1, -0.05) is 36.4 Å². The summed E-state index contributed by atoms with van der Waals surface area (Å²) in [5, 5.41) is 10.4. The molecule has 0 radical (unpaired) electrons. The molecule has 0 saturated carbocycles. The Labute approximate surface area is 118 Å². The fourth-order valence-electron chi connectivity index (χ4n) is 2.94. The maximum Gasteiger partial charge on any atom is 0.123 e. The van der Waals surface area contributed by atoms with Gasteiger partial charge in [0.1, 0.15) is 5.82 Å². The first-order valence-corrected chi connectivity index (χ1v) is 6.85. The van der Waals surface area contributed by atoms with Crippen LogP contribution < -0.4 is 0 Å². The van der Waals surface area contributed by atoms with Crippen LogP contribution in [0.4, 0.5) is 4.39 Å². The zero-order chi connectivity index (χ0) is 14.1. The first-order chi connectivity index (χ1) is 9.65. The topological polar surface area (TPSA) is 23.5 Å². The van der Waals surface area contributed by atoms with Crippen molar-refractivity contribution in [3.05, 3.63) is 71.0 Å². The smallest absolute Gasteiger partial charge is 0.123 e. The molecule has 2 aromatic carbocycles. The highest BCUT2D eigenvalue weighted by Crippen LogP contribution is 2.34. The van der Waals surface area contributed by atoms with Gasteiger partial charge in [0.2, 0.25) is 0 Å². The van der Waals surface area contributed by atoms with Gasteiger partial charge in [-0.05, 0) is 42.3 Å². The average Bonchev–Trinajstić information content (AvgIpc) is 2.79. The van der Waals surface area contributed by atoms with Gasteiger partial charge in [-0.2, -0.15) is 0 Å². The van der Waals surface area contributed by atoms with Gasteiger partial charge in [0.05, 0.1) is 6.10 Å². The number of likely N-dealkylation sites (N-methyl/N-ethyl adjacent to an activating group) is 1. The van der Waals surface area contributed by atoms with Crippen molar-refractivity contribution in [1.82, 2.24) is 4.90 Å². The molecule has 20 heavy (non-hydrogen) atoms. The van der Waals surface area contributed by atoms with E-state index in [9.17, 15) is 9.50 Å². The van der Waals surface area contributed by atoms with Crippen molar-refractivity contribution >= 4 is 0 Å². The van der Waals surface area contributed by atoms with Gasteiger partial charge in [0.15, 0.2) is 0 Å². The quantitative estimate of drug-likeness (QED) is 0.928. The number of rotatable bonds is 3. The highest BCUT2D eigenvalue weighted by Gasteiger charge is 2.33. The van der Waals surface area contributed by atoms with Gasteiger partial charge in [-0.15, -0.1) is 0 Å². The molecule has 1 aliphatic rings. The molecule has 0 bridgehead atoms. The minimum absolute atomic E-state index is 0.0810. The Morgan fingerprint density at radius 1 is 1.15 bits per heavy atom. The molecule has 0 amide bonds. The largest absolute Gasteiger partial charge is 0.387 e. The Bertz CT molecular complexity index is 596. The van der Waals surface area contributed by atoms with E-state index in [0.29, 0.717) is 6.54 Å². The first-order valence-electron chi connectivity index (χ1n) is 6.85. The van der Waals surface area contributed by atoms with Crippen LogP contribution in [0.15, 0.2) is 48.5 Å². The predicted molar refractivity (Wildman–Crippen MR) is 76.8 cm³/mol. The second-order valence-electron chi connectivity index (χ2n) is 5.46. The third-order valence-electron chi connectivity index (χ3n) is 4.08. The number of aliphatic hydroxyl groups excluding tert-OH is 1. The molecule has 0 saturated heterocycles. The second-order valence-corrected chi connectivity index (χ2v) is 5.46. The van der Waals surface area contributed by atoms with E-state index in [1.165, 1.54) is 17.7 Å². The Balaban J connectivity index is 1.73. The zero-order valence-corrected chi connectivity index (χ0v) is 11.5. The Kier molecular flexibility index (Phi) is 3.55. The molecule has 1 aliphatic carbocycles. The summed E-state index contributed by atoms with van der Waals surface area (Å²) in [6.07, 6.45) is 0.409. The lowest BCUT2D eigenvalue weighted by atomic mass is 10.1. The van der Waals surface area contributed by atoms with E-state index >= 15 is 0 Å². The summed E-state index contributed by atoms with van der Waals surface area (Å²) in [6, 6.07) is 14.7. The van der Waals surface area contributed by atoms with Gasteiger partial charge in [0, 0.05) is 12.6 Å². The van der Waals surface area contributed by atoms with Crippen LogP contribution in [0, 0.1) is 5.82 Å². The van der Waals surface area contributed by atoms with Crippen LogP contribution in [-0.4, -0.2) is 23.1 Å². The van der Waals surface area contributed by atoms with Crippen molar-refractivity contribution in [2.45, 2.75) is 25.1 Å². The molecule has 0 fully saturated rings. The minimum Gasteiger partial charge on any atom is -0.387 e. The maximum atomic E-state index is 12.9. The molecule has 0 aliphatic heterocycles. The molecular formula is C17H18FNO. The molecule has 104 valence electrons. The van der Waals surface area contributed by atoms with Crippen LogP contribution >= 0.6 is 0 Å². The third kappa shape index (κ3) is 2.47. The van der Waals surface area contributed by atoms with Crippen LogP contribution in [0.2, 0.25) is 0 Å². The Morgan fingerprint density at radius 3 is 2.55 bits per heavy atom. The molecular weight excluding hydrogens is 253 g/mol. The number of fused-ring (bicyclic) bond motifs is 1. The summed E-state index contributed by atoms with van der Waals surface area (Å²) >= 11 is 0. The normalized spacial score (nSPS) is 21.2. The summed E-state index contributed by atoms with van der Waals surface area (Å²) < 4.78 is 12.9. The minimum atomic E-state index is -0.448. The number of benzene rings is 2. The molecule has 0 aromatic heterocycles. The zero-order valence-electron chi connectivity index (χ0n) is 11.5. The van der Waals surface area contributed by atoms with Crippen LogP contribution in [0.25, 0.3) is 0 Å². The van der Waals surface area contributed by atoms with E-state index in [1.807, 2.05) is 25.2 Å². The summed E-state index contributed by atoms with van der Waals surface area (Å²) in [6.45, 7) is 0.704. The van der Waals surface area contributed by atoms with Crippen LogP contribution in [0.3, 0.4) is 0 Å². The van der Waals surface area contributed by atoms with E-state index in [0.717, 1.165) is 17.5 Å². The lowest BCUT2D eigenvalue weighted by Crippen LogP contribution is -2.34. The lowest BCUT2D eigenvalue weighted by molar-refractivity contribution is 0.0721. The first kappa shape index (κ1) is 13.3. The number of hydrogen-bond acceptors (Lipinski definition) is 2. The maximum absolute atomic E-state index is 12.9. The van der Waals surface area contributed by atoms with E-state index in [1.54, 1.807) is 12.1 Å². The van der Waals surface area contributed by atoms with Crippen molar-refractivity contribution in [1.29, 1.82) is 0 Å². The summed E-state index contributed by atoms with van der Waals surface area (Å²) in [7, 11) is 2.00. The molecule has 0 spiro atoms. The fourth-order valence-corrected chi connectivity index (χ4v) is 2.94. The van der Waals surface area contributed by atoms with E-state index in [4.69, 9.17) is 0 Å². The summed E-state index contributed by atoms with van der Waals surface area (Å²) in [5.41, 5.74) is 3.30. The van der Waals surface area contributed by atoms with E-state index < -0.39 is 6.10 Å². The van der Waals surface area contributed by atoms with Crippen molar-refractivity contribution in [2.24, 2.45) is 0 Å². The van der Waals surface area contributed by atoms with Crippen LogP contribution in [0.5, 0.6) is 0 Å². The fraction of sp³-hybridized carbons (Fsp3) is 0.294. The molecule has 3 heteroatoms. The van der Waals surface area contributed by atoms with Crippen molar-refractivity contribution in [3.8, 4) is 0 Å².